The highest BCUT2D eigenvalue weighted by Gasteiger charge is 2.07. The van der Waals surface area contributed by atoms with E-state index in [1.54, 1.807) is 6.33 Å². The van der Waals surface area contributed by atoms with E-state index in [2.05, 4.69) is 11.9 Å². The molecule has 0 amide bonds. The molecule has 0 spiro atoms. The molecule has 4 heteroatoms. The molecule has 3 rings (SSSR count). The van der Waals surface area contributed by atoms with Crippen molar-refractivity contribution in [3.8, 4) is 5.69 Å². The summed E-state index contributed by atoms with van der Waals surface area (Å²) in [7, 11) is 0. The Kier molecular flexibility index (Phi) is 2.49. The summed E-state index contributed by atoms with van der Waals surface area (Å²) in [6, 6.07) is 11.5. The SMILES string of the molecule is Cc1ccc(Cl)cc1-n1cnc2cc(N)ccc21. The maximum absolute atomic E-state index is 6.06. The summed E-state index contributed by atoms with van der Waals surface area (Å²) in [5, 5.41) is 0.716. The van der Waals surface area contributed by atoms with Crippen LogP contribution in [0.3, 0.4) is 0 Å². The highest BCUT2D eigenvalue weighted by Crippen LogP contribution is 2.24. The van der Waals surface area contributed by atoms with E-state index in [1.807, 2.05) is 41.0 Å². The zero-order valence-corrected chi connectivity index (χ0v) is 10.6. The summed E-state index contributed by atoms with van der Waals surface area (Å²) in [5.41, 5.74) is 10.6. The Morgan fingerprint density at radius 2 is 2.00 bits per heavy atom. The molecule has 0 aliphatic heterocycles. The molecule has 0 atom stereocenters. The van der Waals surface area contributed by atoms with E-state index in [0.29, 0.717) is 5.02 Å². The number of rotatable bonds is 1. The molecule has 0 bridgehead atoms. The molecule has 2 aromatic carbocycles. The molecule has 1 heterocycles. The molecule has 0 saturated carbocycles. The fourth-order valence-electron chi connectivity index (χ4n) is 2.06. The van der Waals surface area contributed by atoms with Gasteiger partial charge in [-0.2, -0.15) is 0 Å². The van der Waals surface area contributed by atoms with Gasteiger partial charge in [0.1, 0.15) is 6.33 Å². The standard InChI is InChI=1S/C14H12ClN3/c1-9-2-3-10(15)6-14(9)18-8-17-12-7-11(16)4-5-13(12)18/h2-8H,16H2,1H3. The number of hydrogen-bond donors (Lipinski definition) is 1. The summed E-state index contributed by atoms with van der Waals surface area (Å²) in [5.74, 6) is 0. The van der Waals surface area contributed by atoms with Gasteiger partial charge in [-0.1, -0.05) is 17.7 Å². The van der Waals surface area contributed by atoms with Gasteiger partial charge in [0.25, 0.3) is 0 Å². The third-order valence-corrected chi connectivity index (χ3v) is 3.24. The van der Waals surface area contributed by atoms with Crippen LogP contribution in [0.25, 0.3) is 16.7 Å². The van der Waals surface area contributed by atoms with Gasteiger partial charge in [0, 0.05) is 10.7 Å². The average molecular weight is 258 g/mol. The summed E-state index contributed by atoms with van der Waals surface area (Å²) in [6.45, 7) is 2.05. The molecule has 0 saturated heterocycles. The average Bonchev–Trinajstić information content (AvgIpc) is 2.75. The number of nitrogen functional groups attached to an aromatic ring is 1. The topological polar surface area (TPSA) is 43.8 Å². The molecule has 0 aliphatic carbocycles. The number of imidazole rings is 1. The van der Waals surface area contributed by atoms with Crippen molar-refractivity contribution in [2.45, 2.75) is 6.92 Å². The van der Waals surface area contributed by atoms with E-state index in [9.17, 15) is 0 Å². The number of nitrogens with zero attached hydrogens (tertiary/aromatic N) is 2. The van der Waals surface area contributed by atoms with Crippen molar-refractivity contribution >= 4 is 28.3 Å². The van der Waals surface area contributed by atoms with E-state index in [-0.39, 0.29) is 0 Å². The number of fused-ring (bicyclic) bond motifs is 1. The molecule has 0 radical (unpaired) electrons. The smallest absolute Gasteiger partial charge is 0.100 e. The van der Waals surface area contributed by atoms with Gasteiger partial charge in [-0.15, -0.1) is 0 Å². The number of anilines is 1. The monoisotopic (exact) mass is 257 g/mol. The minimum absolute atomic E-state index is 0.716. The van der Waals surface area contributed by atoms with E-state index >= 15 is 0 Å². The van der Waals surface area contributed by atoms with Gasteiger partial charge >= 0.3 is 0 Å². The van der Waals surface area contributed by atoms with E-state index < -0.39 is 0 Å². The number of halogens is 1. The predicted molar refractivity (Wildman–Crippen MR) is 75.2 cm³/mol. The lowest BCUT2D eigenvalue weighted by Gasteiger charge is -2.08. The van der Waals surface area contributed by atoms with Crippen LogP contribution in [0.2, 0.25) is 5.02 Å². The molecular weight excluding hydrogens is 246 g/mol. The van der Waals surface area contributed by atoms with Crippen molar-refractivity contribution in [1.29, 1.82) is 0 Å². The number of nitrogens with two attached hydrogens (primary N) is 1. The van der Waals surface area contributed by atoms with Crippen LogP contribution in [0.5, 0.6) is 0 Å². The van der Waals surface area contributed by atoms with E-state index in [1.165, 1.54) is 0 Å². The fraction of sp³-hybridized carbons (Fsp3) is 0.0714. The Bertz CT molecular complexity index is 731. The number of benzene rings is 2. The molecule has 90 valence electrons. The van der Waals surface area contributed by atoms with E-state index in [4.69, 9.17) is 17.3 Å². The summed E-state index contributed by atoms with van der Waals surface area (Å²) in [4.78, 5) is 4.37. The van der Waals surface area contributed by atoms with Crippen LogP contribution in [-0.4, -0.2) is 9.55 Å². The zero-order chi connectivity index (χ0) is 12.7. The molecule has 0 unspecified atom stereocenters. The summed E-state index contributed by atoms with van der Waals surface area (Å²) < 4.78 is 2.02. The summed E-state index contributed by atoms with van der Waals surface area (Å²) >= 11 is 6.06. The van der Waals surface area contributed by atoms with Crippen molar-refractivity contribution in [3.05, 3.63) is 53.3 Å². The highest BCUT2D eigenvalue weighted by molar-refractivity contribution is 6.30. The molecule has 1 aromatic heterocycles. The van der Waals surface area contributed by atoms with Crippen molar-refractivity contribution in [2.75, 3.05) is 5.73 Å². The maximum Gasteiger partial charge on any atom is 0.100 e. The molecule has 0 fully saturated rings. The first-order valence-corrected chi connectivity index (χ1v) is 6.02. The lowest BCUT2D eigenvalue weighted by Crippen LogP contribution is -1.95. The first-order valence-electron chi connectivity index (χ1n) is 5.64. The van der Waals surface area contributed by atoms with Crippen LogP contribution >= 0.6 is 11.6 Å². The van der Waals surface area contributed by atoms with Crippen LogP contribution in [0, 0.1) is 6.92 Å². The quantitative estimate of drug-likeness (QED) is 0.678. The van der Waals surface area contributed by atoms with Gasteiger partial charge in [0.2, 0.25) is 0 Å². The van der Waals surface area contributed by atoms with Crippen molar-refractivity contribution < 1.29 is 0 Å². The van der Waals surface area contributed by atoms with Gasteiger partial charge in [0.05, 0.1) is 16.7 Å². The Morgan fingerprint density at radius 1 is 1.17 bits per heavy atom. The van der Waals surface area contributed by atoms with Gasteiger partial charge in [0.15, 0.2) is 0 Å². The third kappa shape index (κ3) is 1.73. The molecular formula is C14H12ClN3. The minimum Gasteiger partial charge on any atom is -0.399 e. The highest BCUT2D eigenvalue weighted by atomic mass is 35.5. The van der Waals surface area contributed by atoms with E-state index in [0.717, 1.165) is 28.0 Å². The molecule has 0 aliphatic rings. The fourth-order valence-corrected chi connectivity index (χ4v) is 2.23. The Labute approximate surface area is 110 Å². The van der Waals surface area contributed by atoms with Crippen molar-refractivity contribution in [1.82, 2.24) is 9.55 Å². The minimum atomic E-state index is 0.716. The Balaban J connectivity index is 2.28. The van der Waals surface area contributed by atoms with Crippen LogP contribution in [-0.2, 0) is 0 Å². The van der Waals surface area contributed by atoms with Gasteiger partial charge in [-0.3, -0.25) is 4.57 Å². The number of aromatic nitrogens is 2. The maximum atomic E-state index is 6.06. The first-order chi connectivity index (χ1) is 8.65. The molecule has 3 aromatic rings. The predicted octanol–water partition coefficient (Wildman–Crippen LogP) is 3.57. The second-order valence-electron chi connectivity index (χ2n) is 4.29. The lowest BCUT2D eigenvalue weighted by atomic mass is 10.2. The molecule has 2 N–H and O–H groups in total. The second-order valence-corrected chi connectivity index (χ2v) is 4.73. The number of aryl methyl sites for hydroxylation is 1. The van der Waals surface area contributed by atoms with Crippen LogP contribution in [0.1, 0.15) is 5.56 Å². The van der Waals surface area contributed by atoms with Crippen LogP contribution in [0.4, 0.5) is 5.69 Å². The lowest BCUT2D eigenvalue weighted by molar-refractivity contribution is 1.07. The Hall–Kier alpha value is -2.00. The van der Waals surface area contributed by atoms with Crippen molar-refractivity contribution in [3.63, 3.8) is 0 Å². The second kappa shape index (κ2) is 4.03. The largest absolute Gasteiger partial charge is 0.399 e. The molecule has 3 nitrogen and oxygen atoms in total. The summed E-state index contributed by atoms with van der Waals surface area (Å²) in [6.07, 6.45) is 1.79. The van der Waals surface area contributed by atoms with Crippen molar-refractivity contribution in [2.24, 2.45) is 0 Å². The number of hydrogen-bond acceptors (Lipinski definition) is 2. The molecule has 18 heavy (non-hydrogen) atoms. The zero-order valence-electron chi connectivity index (χ0n) is 9.89. The van der Waals surface area contributed by atoms with Crippen LogP contribution < -0.4 is 5.73 Å². The first kappa shape index (κ1) is 11.1. The third-order valence-electron chi connectivity index (χ3n) is 3.00. The normalized spacial score (nSPS) is 11.0. The van der Waals surface area contributed by atoms with Crippen LogP contribution in [0.15, 0.2) is 42.7 Å². The van der Waals surface area contributed by atoms with Gasteiger partial charge < -0.3 is 5.73 Å². The van der Waals surface area contributed by atoms with Gasteiger partial charge in [-0.05, 0) is 42.8 Å². The Morgan fingerprint density at radius 3 is 2.83 bits per heavy atom. The van der Waals surface area contributed by atoms with Gasteiger partial charge in [-0.25, -0.2) is 4.98 Å².